The van der Waals surface area contributed by atoms with Crippen molar-refractivity contribution in [3.63, 3.8) is 0 Å². The minimum atomic E-state index is -0.544. The molecular formula is C31H40N4O3. The fraction of sp³-hybridized carbons (Fsp3) is 0.452. The second kappa shape index (κ2) is 10.6. The van der Waals surface area contributed by atoms with Gasteiger partial charge in [0.05, 0.1) is 18.5 Å². The summed E-state index contributed by atoms with van der Waals surface area (Å²) in [4.78, 5) is 28.4. The molecule has 2 heterocycles. The van der Waals surface area contributed by atoms with Crippen LogP contribution in [-0.2, 0) is 4.79 Å². The maximum absolute atomic E-state index is 13.6. The van der Waals surface area contributed by atoms with Crippen molar-refractivity contribution in [2.45, 2.75) is 83.5 Å². The van der Waals surface area contributed by atoms with Gasteiger partial charge in [-0.05, 0) is 56.9 Å². The quantitative estimate of drug-likeness (QED) is 0.381. The molecule has 2 amide bonds. The van der Waals surface area contributed by atoms with E-state index in [0.29, 0.717) is 18.4 Å². The number of carbonyl (C=O) groups is 2. The van der Waals surface area contributed by atoms with Gasteiger partial charge in [0.15, 0.2) is 5.96 Å². The van der Waals surface area contributed by atoms with Crippen LogP contribution in [-0.4, -0.2) is 33.8 Å². The average molecular weight is 517 g/mol. The van der Waals surface area contributed by atoms with E-state index in [0.717, 1.165) is 29.7 Å². The molecule has 0 aliphatic carbocycles. The van der Waals surface area contributed by atoms with Gasteiger partial charge in [-0.15, -0.1) is 6.58 Å². The van der Waals surface area contributed by atoms with Crippen molar-refractivity contribution in [3.05, 3.63) is 77.9 Å². The molecule has 0 aromatic heterocycles. The van der Waals surface area contributed by atoms with E-state index in [1.807, 2.05) is 83.2 Å². The number of amides is 2. The summed E-state index contributed by atoms with van der Waals surface area (Å²) in [5, 5.41) is 15.2. The summed E-state index contributed by atoms with van der Waals surface area (Å²) in [6, 6.07) is 14.5. The normalized spacial score (nSPS) is 22.5. The molecule has 1 fully saturated rings. The summed E-state index contributed by atoms with van der Waals surface area (Å²) in [5.74, 6) is 0.476. The third-order valence-corrected chi connectivity index (χ3v) is 8.30. The van der Waals surface area contributed by atoms with Crippen LogP contribution < -0.4 is 15.4 Å². The SMILES string of the molecule is C=C[C@H]1[C@H](NC(=O)c2cccc(C(CC)N3C(=N)NC(CC)(CC)CC3=O)c2)c2ccccc2OC1(C)C. The molecule has 38 heavy (non-hydrogen) atoms. The Morgan fingerprint density at radius 2 is 1.92 bits per heavy atom. The first-order valence-corrected chi connectivity index (χ1v) is 13.6. The van der Waals surface area contributed by atoms with Crippen molar-refractivity contribution in [2.24, 2.45) is 5.92 Å². The van der Waals surface area contributed by atoms with E-state index >= 15 is 0 Å². The van der Waals surface area contributed by atoms with Gasteiger partial charge in [0, 0.05) is 22.6 Å². The minimum absolute atomic E-state index is 0.0611. The summed E-state index contributed by atoms with van der Waals surface area (Å²) in [7, 11) is 0. The summed E-state index contributed by atoms with van der Waals surface area (Å²) in [5.41, 5.74) is 1.33. The highest BCUT2D eigenvalue weighted by Crippen LogP contribution is 2.44. The van der Waals surface area contributed by atoms with Gasteiger partial charge < -0.3 is 15.4 Å². The molecule has 1 unspecified atom stereocenters. The van der Waals surface area contributed by atoms with Gasteiger partial charge in [-0.2, -0.15) is 0 Å². The molecule has 2 aliphatic heterocycles. The smallest absolute Gasteiger partial charge is 0.251 e. The number of carbonyl (C=O) groups excluding carboxylic acids is 2. The maximum atomic E-state index is 13.6. The van der Waals surface area contributed by atoms with Crippen LogP contribution in [0.3, 0.4) is 0 Å². The van der Waals surface area contributed by atoms with Gasteiger partial charge in [0.25, 0.3) is 5.91 Å². The Kier molecular flexibility index (Phi) is 7.68. The number of fused-ring (bicyclic) bond motifs is 1. The van der Waals surface area contributed by atoms with Crippen molar-refractivity contribution in [1.29, 1.82) is 5.41 Å². The molecule has 0 spiro atoms. The van der Waals surface area contributed by atoms with Crippen LogP contribution in [0.25, 0.3) is 0 Å². The molecule has 202 valence electrons. The second-order valence-electron chi connectivity index (χ2n) is 10.9. The molecule has 2 aromatic carbocycles. The van der Waals surface area contributed by atoms with Crippen LogP contribution in [0, 0.1) is 11.3 Å². The fourth-order valence-electron chi connectivity index (χ4n) is 5.90. The molecular weight excluding hydrogens is 476 g/mol. The van der Waals surface area contributed by atoms with Crippen LogP contribution in [0.4, 0.5) is 0 Å². The predicted octanol–water partition coefficient (Wildman–Crippen LogP) is 5.90. The Morgan fingerprint density at radius 3 is 2.55 bits per heavy atom. The Labute approximate surface area is 226 Å². The number of hydrogen-bond donors (Lipinski definition) is 3. The van der Waals surface area contributed by atoms with Gasteiger partial charge >= 0.3 is 0 Å². The van der Waals surface area contributed by atoms with Crippen LogP contribution in [0.5, 0.6) is 5.75 Å². The Bertz CT molecular complexity index is 1210. The summed E-state index contributed by atoms with van der Waals surface area (Å²) in [6.07, 6.45) is 4.36. The van der Waals surface area contributed by atoms with Gasteiger partial charge in [0.2, 0.25) is 5.91 Å². The van der Waals surface area contributed by atoms with Crippen molar-refractivity contribution < 1.29 is 14.3 Å². The number of para-hydroxylation sites is 1. The highest BCUT2D eigenvalue weighted by molar-refractivity contribution is 6.00. The molecule has 7 heteroatoms. The molecule has 0 saturated carbocycles. The molecule has 2 aliphatic rings. The molecule has 1 saturated heterocycles. The first kappa shape index (κ1) is 27.4. The lowest BCUT2D eigenvalue weighted by molar-refractivity contribution is -0.132. The lowest BCUT2D eigenvalue weighted by Crippen LogP contribution is -2.62. The molecule has 0 bridgehead atoms. The van der Waals surface area contributed by atoms with Crippen LogP contribution in [0.15, 0.2) is 61.2 Å². The molecule has 3 atom stereocenters. The van der Waals surface area contributed by atoms with Gasteiger partial charge in [0.1, 0.15) is 11.4 Å². The van der Waals surface area contributed by atoms with Crippen molar-refractivity contribution in [1.82, 2.24) is 15.5 Å². The van der Waals surface area contributed by atoms with E-state index in [1.165, 1.54) is 0 Å². The molecule has 3 N–H and O–H groups in total. The van der Waals surface area contributed by atoms with Gasteiger partial charge in [-0.25, -0.2) is 0 Å². The average Bonchev–Trinajstić information content (AvgIpc) is 2.90. The number of rotatable bonds is 8. The maximum Gasteiger partial charge on any atom is 0.251 e. The van der Waals surface area contributed by atoms with E-state index < -0.39 is 5.60 Å². The molecule has 2 aromatic rings. The van der Waals surface area contributed by atoms with E-state index in [9.17, 15) is 9.59 Å². The number of benzene rings is 2. The molecule has 0 radical (unpaired) electrons. The Balaban J connectivity index is 1.61. The van der Waals surface area contributed by atoms with Crippen molar-refractivity contribution in [2.75, 3.05) is 0 Å². The molecule has 4 rings (SSSR count). The first-order chi connectivity index (χ1) is 18.1. The second-order valence-corrected chi connectivity index (χ2v) is 10.9. The lowest BCUT2D eigenvalue weighted by Gasteiger charge is -2.44. The summed E-state index contributed by atoms with van der Waals surface area (Å²) < 4.78 is 6.24. The lowest BCUT2D eigenvalue weighted by atomic mass is 9.78. The summed E-state index contributed by atoms with van der Waals surface area (Å²) in [6.45, 7) is 14.1. The number of nitrogens with one attached hydrogen (secondary N) is 3. The zero-order valence-corrected chi connectivity index (χ0v) is 23.1. The Morgan fingerprint density at radius 1 is 1.21 bits per heavy atom. The zero-order valence-electron chi connectivity index (χ0n) is 23.1. The highest BCUT2D eigenvalue weighted by atomic mass is 16.5. The zero-order chi connectivity index (χ0) is 27.7. The van der Waals surface area contributed by atoms with Crippen molar-refractivity contribution in [3.8, 4) is 5.75 Å². The number of ether oxygens (including phenoxy) is 1. The van der Waals surface area contributed by atoms with Crippen LogP contribution in [0.1, 0.15) is 93.9 Å². The fourth-order valence-corrected chi connectivity index (χ4v) is 5.90. The monoisotopic (exact) mass is 516 g/mol. The predicted molar refractivity (Wildman–Crippen MR) is 150 cm³/mol. The van der Waals surface area contributed by atoms with E-state index in [2.05, 4.69) is 17.2 Å². The standard InChI is InChI=1S/C31H40N4O3/c1-7-23-27(22-16-11-12-17-25(22)38-30(23,5)6)33-28(37)21-15-13-14-20(18-21)24(8-2)35-26(36)19-31(9-3,10-4)34-29(35)32/h7,11-18,23-24,27H,1,8-10,19H2,2-6H3,(H2,32,34)(H,33,37)/t23-,24?,27+/m0/s1. The topological polar surface area (TPSA) is 94.5 Å². The summed E-state index contributed by atoms with van der Waals surface area (Å²) >= 11 is 0. The van der Waals surface area contributed by atoms with Crippen LogP contribution in [0.2, 0.25) is 0 Å². The Hall–Kier alpha value is -3.61. The minimum Gasteiger partial charge on any atom is -0.487 e. The third kappa shape index (κ3) is 4.94. The number of nitrogens with zero attached hydrogens (tertiary/aromatic N) is 1. The highest BCUT2D eigenvalue weighted by Gasteiger charge is 2.43. The number of guanidine groups is 1. The van der Waals surface area contributed by atoms with Crippen LogP contribution >= 0.6 is 0 Å². The largest absolute Gasteiger partial charge is 0.487 e. The van der Waals surface area contributed by atoms with E-state index in [4.69, 9.17) is 10.1 Å². The number of hydrogen-bond acceptors (Lipinski definition) is 4. The van der Waals surface area contributed by atoms with Gasteiger partial charge in [-0.1, -0.05) is 57.2 Å². The van der Waals surface area contributed by atoms with E-state index in [1.54, 1.807) is 11.0 Å². The van der Waals surface area contributed by atoms with E-state index in [-0.39, 0.29) is 41.3 Å². The van der Waals surface area contributed by atoms with Gasteiger partial charge in [-0.3, -0.25) is 19.9 Å². The first-order valence-electron chi connectivity index (χ1n) is 13.6. The molecule has 7 nitrogen and oxygen atoms in total. The van der Waals surface area contributed by atoms with Crippen molar-refractivity contribution >= 4 is 17.8 Å². The third-order valence-electron chi connectivity index (χ3n) is 8.30.